The summed E-state index contributed by atoms with van der Waals surface area (Å²) in [5, 5.41) is 29.2. The number of likely N-dealkylation sites (tertiary alicyclic amines) is 1. The number of nitrogens with one attached hydrogen (secondary N) is 1. The summed E-state index contributed by atoms with van der Waals surface area (Å²) in [6.45, 7) is 1.44. The van der Waals surface area contributed by atoms with Gasteiger partial charge in [-0.2, -0.15) is 5.10 Å². The third-order valence-electron chi connectivity index (χ3n) is 5.95. The van der Waals surface area contributed by atoms with Gasteiger partial charge in [-0.3, -0.25) is 14.8 Å². The van der Waals surface area contributed by atoms with Crippen LogP contribution in [-0.2, 0) is 17.8 Å². The molecule has 1 aliphatic heterocycles. The molecule has 0 saturated carbocycles. The largest absolute Gasteiger partial charge is 0.497 e. The Labute approximate surface area is 168 Å². The Morgan fingerprint density at radius 2 is 2.10 bits per heavy atom. The zero-order valence-corrected chi connectivity index (χ0v) is 16.3. The molecule has 152 valence electrons. The second kappa shape index (κ2) is 7.85. The normalized spacial score (nSPS) is 22.6. The molecule has 1 aromatic heterocycles. The molecule has 0 spiro atoms. The molecule has 2 heterocycles. The molecule has 29 heavy (non-hydrogen) atoms. The van der Waals surface area contributed by atoms with Crippen molar-refractivity contribution in [3.63, 3.8) is 0 Å². The third kappa shape index (κ3) is 3.71. The van der Waals surface area contributed by atoms with Crippen LogP contribution < -0.4 is 4.74 Å². The average molecular weight is 395 g/mol. The van der Waals surface area contributed by atoms with Crippen LogP contribution in [0.3, 0.4) is 0 Å². The van der Waals surface area contributed by atoms with Crippen molar-refractivity contribution < 1.29 is 19.7 Å². The van der Waals surface area contributed by atoms with Gasteiger partial charge in [-0.15, -0.1) is 0 Å². The number of methoxy groups -OCH3 is 1. The maximum Gasteiger partial charge on any atom is 0.312 e. The number of aromatic nitrogens is 2. The van der Waals surface area contributed by atoms with Gasteiger partial charge in [0.05, 0.1) is 24.4 Å². The SMILES string of the molecule is COc1ccc2n[nH]c(CN3CC[C@](Cc4ccccc4)(C(=O)O)[C@@H](O)C3)c2c1. The maximum atomic E-state index is 12.2. The lowest BCUT2D eigenvalue weighted by Crippen LogP contribution is -2.55. The molecule has 1 saturated heterocycles. The number of aliphatic carboxylic acids is 1. The second-order valence-corrected chi connectivity index (χ2v) is 7.71. The minimum atomic E-state index is -1.17. The summed E-state index contributed by atoms with van der Waals surface area (Å²) < 4.78 is 5.30. The zero-order valence-electron chi connectivity index (χ0n) is 16.3. The van der Waals surface area contributed by atoms with Gasteiger partial charge in [0.2, 0.25) is 0 Å². The highest BCUT2D eigenvalue weighted by Gasteiger charge is 2.48. The monoisotopic (exact) mass is 395 g/mol. The molecular weight excluding hydrogens is 370 g/mol. The molecule has 0 amide bonds. The van der Waals surface area contributed by atoms with E-state index in [9.17, 15) is 15.0 Å². The highest BCUT2D eigenvalue weighted by molar-refractivity contribution is 5.82. The number of hydrogen-bond acceptors (Lipinski definition) is 5. The number of β-amino-alcohol motifs (C(OH)–C–C–N with tert-alkyl or cyclic N) is 1. The minimum absolute atomic E-state index is 0.295. The fourth-order valence-corrected chi connectivity index (χ4v) is 4.18. The van der Waals surface area contributed by atoms with Gasteiger partial charge in [0.25, 0.3) is 0 Å². The van der Waals surface area contributed by atoms with Gasteiger partial charge in [-0.1, -0.05) is 30.3 Å². The van der Waals surface area contributed by atoms with E-state index < -0.39 is 17.5 Å². The van der Waals surface area contributed by atoms with E-state index in [1.807, 2.05) is 48.5 Å². The van der Waals surface area contributed by atoms with Crippen molar-refractivity contribution >= 4 is 16.9 Å². The number of carboxylic acids is 1. The average Bonchev–Trinajstić information content (AvgIpc) is 3.12. The lowest BCUT2D eigenvalue weighted by atomic mass is 9.71. The standard InChI is InChI=1S/C22H25N3O4/c1-29-16-7-8-18-17(11-16)19(24-23-18)13-25-10-9-22(21(27)28,20(26)14-25)12-15-5-3-2-4-6-15/h2-8,11,20,26H,9-10,12-14H2,1H3,(H,23,24)(H,27,28)/t20-,22+/m0/s1. The van der Waals surface area contributed by atoms with Crippen molar-refractivity contribution in [1.29, 1.82) is 0 Å². The first kappa shape index (κ1) is 19.4. The lowest BCUT2D eigenvalue weighted by molar-refractivity contribution is -0.163. The van der Waals surface area contributed by atoms with Crippen molar-refractivity contribution in [1.82, 2.24) is 15.1 Å². The van der Waals surface area contributed by atoms with Gasteiger partial charge in [0.1, 0.15) is 11.2 Å². The number of H-pyrrole nitrogens is 1. The maximum absolute atomic E-state index is 12.2. The van der Waals surface area contributed by atoms with Crippen LogP contribution in [0, 0.1) is 5.41 Å². The van der Waals surface area contributed by atoms with Crippen molar-refractivity contribution in [2.24, 2.45) is 5.41 Å². The van der Waals surface area contributed by atoms with E-state index >= 15 is 0 Å². The summed E-state index contributed by atoms with van der Waals surface area (Å²) in [7, 11) is 1.63. The highest BCUT2D eigenvalue weighted by atomic mass is 16.5. The van der Waals surface area contributed by atoms with Gasteiger partial charge in [-0.05, 0) is 43.1 Å². The Morgan fingerprint density at radius 3 is 2.79 bits per heavy atom. The number of carboxylic acid groups (broad SMARTS) is 1. The molecule has 2 aromatic carbocycles. The Kier molecular flexibility index (Phi) is 5.25. The van der Waals surface area contributed by atoms with E-state index in [2.05, 4.69) is 15.1 Å². The summed E-state index contributed by atoms with van der Waals surface area (Å²) in [6, 6.07) is 15.2. The number of rotatable bonds is 6. The van der Waals surface area contributed by atoms with Crippen LogP contribution >= 0.6 is 0 Å². The van der Waals surface area contributed by atoms with Gasteiger partial charge in [-0.25, -0.2) is 0 Å². The summed E-state index contributed by atoms with van der Waals surface area (Å²) in [6.07, 6.45) is -0.256. The first-order valence-electron chi connectivity index (χ1n) is 9.70. The van der Waals surface area contributed by atoms with E-state index in [-0.39, 0.29) is 0 Å². The van der Waals surface area contributed by atoms with Crippen LogP contribution in [0.25, 0.3) is 10.9 Å². The number of ether oxygens (including phenoxy) is 1. The fourth-order valence-electron chi connectivity index (χ4n) is 4.18. The molecule has 0 aliphatic carbocycles. The number of benzene rings is 2. The van der Waals surface area contributed by atoms with Crippen LogP contribution in [0.2, 0.25) is 0 Å². The molecule has 1 aliphatic rings. The van der Waals surface area contributed by atoms with Gasteiger partial charge < -0.3 is 14.9 Å². The molecule has 0 bridgehead atoms. The van der Waals surface area contributed by atoms with Crippen LogP contribution in [0.5, 0.6) is 5.75 Å². The quantitative estimate of drug-likeness (QED) is 0.593. The number of aromatic amines is 1. The molecule has 7 nitrogen and oxygen atoms in total. The number of aliphatic hydroxyl groups excluding tert-OH is 1. The van der Waals surface area contributed by atoms with Crippen molar-refractivity contribution in [2.75, 3.05) is 20.2 Å². The molecule has 4 rings (SSSR count). The predicted octanol–water partition coefficient (Wildman–Crippen LogP) is 2.45. The number of nitrogens with zero attached hydrogens (tertiary/aromatic N) is 2. The molecule has 3 aromatic rings. The molecular formula is C22H25N3O4. The summed E-state index contributed by atoms with van der Waals surface area (Å²) >= 11 is 0. The van der Waals surface area contributed by atoms with Crippen molar-refractivity contribution in [3.05, 3.63) is 59.8 Å². The van der Waals surface area contributed by atoms with Crippen LogP contribution in [0.15, 0.2) is 48.5 Å². The molecule has 2 atom stereocenters. The zero-order chi connectivity index (χ0) is 20.4. The summed E-state index contributed by atoms with van der Waals surface area (Å²) in [5.41, 5.74) is 1.53. The number of carbonyl (C=O) groups is 1. The molecule has 3 N–H and O–H groups in total. The molecule has 0 radical (unpaired) electrons. The minimum Gasteiger partial charge on any atom is -0.497 e. The van der Waals surface area contributed by atoms with E-state index in [0.717, 1.165) is 27.9 Å². The van der Waals surface area contributed by atoms with E-state index in [4.69, 9.17) is 4.74 Å². The number of piperidine rings is 1. The topological polar surface area (TPSA) is 98.7 Å². The van der Waals surface area contributed by atoms with Crippen LogP contribution in [-0.4, -0.2) is 57.6 Å². The number of fused-ring (bicyclic) bond motifs is 1. The van der Waals surface area contributed by atoms with E-state index in [0.29, 0.717) is 32.5 Å². The van der Waals surface area contributed by atoms with Crippen molar-refractivity contribution in [2.45, 2.75) is 25.5 Å². The Bertz CT molecular complexity index is 1000. The predicted molar refractivity (Wildman–Crippen MR) is 109 cm³/mol. The van der Waals surface area contributed by atoms with Crippen LogP contribution in [0.1, 0.15) is 17.7 Å². The highest BCUT2D eigenvalue weighted by Crippen LogP contribution is 2.36. The smallest absolute Gasteiger partial charge is 0.312 e. The van der Waals surface area contributed by atoms with Crippen molar-refractivity contribution in [3.8, 4) is 5.75 Å². The van der Waals surface area contributed by atoms with E-state index in [1.165, 1.54) is 0 Å². The summed E-state index contributed by atoms with van der Waals surface area (Å²) in [4.78, 5) is 14.2. The fraction of sp³-hybridized carbons (Fsp3) is 0.364. The van der Waals surface area contributed by atoms with Gasteiger partial charge in [0, 0.05) is 18.5 Å². The van der Waals surface area contributed by atoms with Gasteiger partial charge >= 0.3 is 5.97 Å². The molecule has 0 unspecified atom stereocenters. The number of aliphatic hydroxyl groups is 1. The first-order chi connectivity index (χ1) is 14.0. The molecule has 7 heteroatoms. The van der Waals surface area contributed by atoms with E-state index in [1.54, 1.807) is 7.11 Å². The lowest BCUT2D eigenvalue weighted by Gasteiger charge is -2.42. The third-order valence-corrected chi connectivity index (χ3v) is 5.95. The Morgan fingerprint density at radius 1 is 1.31 bits per heavy atom. The van der Waals surface area contributed by atoms with Gasteiger partial charge in [0.15, 0.2) is 0 Å². The number of hydrogen-bond donors (Lipinski definition) is 3. The van der Waals surface area contributed by atoms with Crippen LogP contribution in [0.4, 0.5) is 0 Å². The molecule has 1 fully saturated rings. The Balaban J connectivity index is 1.51. The Hall–Kier alpha value is -2.90. The first-order valence-corrected chi connectivity index (χ1v) is 9.70. The summed E-state index contributed by atoms with van der Waals surface area (Å²) in [5.74, 6) is -0.184. The second-order valence-electron chi connectivity index (χ2n) is 7.71.